The molecule has 2 aromatic heterocycles. The zero-order valence-electron chi connectivity index (χ0n) is 35.7. The van der Waals surface area contributed by atoms with E-state index in [1.54, 1.807) is 12.1 Å². The van der Waals surface area contributed by atoms with Crippen LogP contribution in [0.4, 0.5) is 11.4 Å². The summed E-state index contributed by atoms with van der Waals surface area (Å²) >= 11 is 11.9. The van der Waals surface area contributed by atoms with Crippen LogP contribution in [-0.2, 0) is 67.7 Å². The standard InChI is InChI=1S/C18H23ClN3.C11H12ClN3.C7H11O.6CHO.B.2Mn.Na.H/c1-13-2-3-14(10-13)12-20-8-9-22-17-6-7-21-18-11-15(19)4-5-16(17)18;12-8-1-2-9-10(15-6-4-13)3-5-14-11(9)7-8;1-6-2-3-7(4-6)5-8;6*1-2;;;;;/h4-7,11,14,20H,2-3,8-10,12H2,1H3,(H,21,22);1-3,5,7H,4,6,13H2,(H,14,15);5,7H,2-4H2,1H3;6*1H;;;;;/q-1;;7*-1;;;;+1;-1. The molecule has 0 spiro atoms. The minimum Gasteiger partial charge on any atom is -1.00 e. The molecule has 61 heavy (non-hydrogen) atoms. The number of rotatable bonds is 10. The fourth-order valence-electron chi connectivity index (χ4n) is 5.87. The van der Waals surface area contributed by atoms with Crippen LogP contribution in [0.15, 0.2) is 60.9 Å². The summed E-state index contributed by atoms with van der Waals surface area (Å²) in [5.41, 5.74) is 9.43. The second-order valence-corrected chi connectivity index (χ2v) is 12.9. The number of carbonyl (C=O) groups excluding carboxylic acids is 7. The maximum atomic E-state index is 10.1. The summed E-state index contributed by atoms with van der Waals surface area (Å²) in [6.07, 6.45) is 11.9. The van der Waals surface area contributed by atoms with E-state index in [2.05, 4.69) is 80.5 Å². The number of pyridine rings is 2. The van der Waals surface area contributed by atoms with Crippen LogP contribution in [0.25, 0.3) is 21.8 Å². The van der Waals surface area contributed by atoms with Gasteiger partial charge in [-0.25, -0.2) is 0 Å². The van der Waals surface area contributed by atoms with Crippen molar-refractivity contribution in [1.82, 2.24) is 15.3 Å². The molecule has 2 heterocycles. The van der Waals surface area contributed by atoms with E-state index < -0.39 is 0 Å². The summed E-state index contributed by atoms with van der Waals surface area (Å²) in [5.74, 6) is 4.34. The van der Waals surface area contributed by atoms with Crippen molar-refractivity contribution in [2.75, 3.05) is 43.4 Å². The van der Waals surface area contributed by atoms with Crippen molar-refractivity contribution in [1.29, 1.82) is 0 Å². The predicted octanol–water partition coefficient (Wildman–Crippen LogP) is 3.21. The molecule has 2 atom stereocenters. The van der Waals surface area contributed by atoms with Crippen LogP contribution in [0.2, 0.25) is 10.0 Å². The molecule has 5 N–H and O–H groups in total. The summed E-state index contributed by atoms with van der Waals surface area (Å²) < 4.78 is 0. The average molecular weight is 969 g/mol. The molecular formula is C42H53BCl2Mn2N6NaO7-8. The van der Waals surface area contributed by atoms with E-state index in [0.29, 0.717) is 17.5 Å². The molecule has 2 aliphatic rings. The summed E-state index contributed by atoms with van der Waals surface area (Å²) in [6, 6.07) is 15.5. The van der Waals surface area contributed by atoms with Crippen LogP contribution in [-0.4, -0.2) is 98.1 Å². The van der Waals surface area contributed by atoms with Crippen molar-refractivity contribution >= 4 is 112 Å². The van der Waals surface area contributed by atoms with Gasteiger partial charge in [-0.2, -0.15) is 39.5 Å². The fourth-order valence-corrected chi connectivity index (χ4v) is 6.20. The first-order chi connectivity index (χ1) is 27.9. The first kappa shape index (κ1) is 72.6. The molecule has 0 saturated heterocycles. The summed E-state index contributed by atoms with van der Waals surface area (Å²) in [5, 5.41) is 13.9. The molecule has 0 bridgehead atoms. The van der Waals surface area contributed by atoms with Crippen molar-refractivity contribution < 1.29 is 98.7 Å². The number of nitrogens with zero attached hydrogens (tertiary/aromatic N) is 2. The Bertz CT molecular complexity index is 1650. The van der Waals surface area contributed by atoms with Crippen LogP contribution in [0, 0.1) is 23.7 Å². The zero-order chi connectivity index (χ0) is 44.0. The topological polar surface area (TPSA) is 207 Å². The number of halogens is 2. The van der Waals surface area contributed by atoms with Crippen molar-refractivity contribution in [3.8, 4) is 0 Å². The Hall–Kier alpha value is -2.85. The van der Waals surface area contributed by atoms with Crippen molar-refractivity contribution in [2.45, 2.75) is 52.4 Å². The number of anilines is 2. The minimum absolute atomic E-state index is 0. The zero-order valence-corrected chi connectivity index (χ0v) is 40.5. The molecule has 0 aliphatic heterocycles. The van der Waals surface area contributed by atoms with Gasteiger partial charge in [-0.1, -0.05) is 42.0 Å². The molecule has 0 amide bonds. The molecule has 2 fully saturated rings. The quantitative estimate of drug-likeness (QED) is 0.0781. The molecule has 2 saturated carbocycles. The fraction of sp³-hybridized carbons (Fsp3) is 0.357. The van der Waals surface area contributed by atoms with E-state index in [4.69, 9.17) is 57.7 Å². The summed E-state index contributed by atoms with van der Waals surface area (Å²) in [6.45, 7) is 28.3. The molecule has 6 rings (SSSR count). The molecule has 5 radical (unpaired) electrons. The monoisotopic (exact) mass is 967 g/mol. The summed E-state index contributed by atoms with van der Waals surface area (Å²) in [7, 11) is 0. The van der Waals surface area contributed by atoms with Gasteiger partial charge in [0.25, 0.3) is 0 Å². The number of benzene rings is 2. The number of nitrogens with one attached hydrogen (secondary N) is 3. The Kier molecular flexibility index (Phi) is 59.3. The first-order valence-electron chi connectivity index (χ1n) is 17.3. The van der Waals surface area contributed by atoms with Gasteiger partial charge in [0.15, 0.2) is 0 Å². The van der Waals surface area contributed by atoms with Gasteiger partial charge in [0.1, 0.15) is 6.29 Å². The maximum Gasteiger partial charge on any atom is 1.00 e. The largest absolute Gasteiger partial charge is 1.00 e. The Morgan fingerprint density at radius 1 is 0.705 bits per heavy atom. The molecule has 13 nitrogen and oxygen atoms in total. The van der Waals surface area contributed by atoms with E-state index in [1.807, 2.05) is 54.7 Å². The molecular weight excluding hydrogens is 915 g/mol. The molecule has 4 aromatic rings. The van der Waals surface area contributed by atoms with Crippen LogP contribution >= 0.6 is 23.2 Å². The average Bonchev–Trinajstić information content (AvgIpc) is 3.91. The Morgan fingerprint density at radius 2 is 1.13 bits per heavy atom. The number of aldehydes is 1. The van der Waals surface area contributed by atoms with Crippen molar-refractivity contribution in [2.24, 2.45) is 17.6 Å². The van der Waals surface area contributed by atoms with Gasteiger partial charge in [-0.15, -0.1) is 0 Å². The van der Waals surface area contributed by atoms with Crippen LogP contribution in [0.5, 0.6) is 0 Å². The van der Waals surface area contributed by atoms with Gasteiger partial charge < -0.3 is 68.5 Å². The van der Waals surface area contributed by atoms with Crippen molar-refractivity contribution in [3.63, 3.8) is 0 Å². The summed E-state index contributed by atoms with van der Waals surface area (Å²) in [4.78, 5) is 65.3. The predicted molar refractivity (Wildman–Crippen MR) is 238 cm³/mol. The Labute approximate surface area is 418 Å². The van der Waals surface area contributed by atoms with Crippen molar-refractivity contribution in [3.05, 3.63) is 82.8 Å². The first-order valence-corrected chi connectivity index (χ1v) is 18.1. The van der Waals surface area contributed by atoms with E-state index >= 15 is 0 Å². The van der Waals surface area contributed by atoms with Crippen LogP contribution in [0.3, 0.4) is 0 Å². The molecule has 2 aromatic carbocycles. The number of nitrogens with two attached hydrogens (primary N) is 1. The van der Waals surface area contributed by atoms with Crippen LogP contribution in [0.1, 0.15) is 53.8 Å². The smallest absolute Gasteiger partial charge is 1.00 e. The number of fused-ring (bicyclic) bond motifs is 2. The number of hydrogen-bond donors (Lipinski definition) is 4. The molecule has 2 unspecified atom stereocenters. The van der Waals surface area contributed by atoms with Gasteiger partial charge >= 0.3 is 29.6 Å². The third-order valence-corrected chi connectivity index (χ3v) is 8.75. The Balaban J connectivity index is -0.000000107. The third-order valence-electron chi connectivity index (χ3n) is 8.28. The van der Waals surface area contributed by atoms with E-state index in [9.17, 15) is 4.79 Å². The third kappa shape index (κ3) is 30.8. The van der Waals surface area contributed by atoms with E-state index in [0.717, 1.165) is 89.4 Å². The molecule has 2 aliphatic carbocycles. The van der Waals surface area contributed by atoms with Gasteiger partial charge in [-0.3, -0.25) is 50.7 Å². The SMILES string of the molecule is C[C-]1CCC(C=O)C1.C[C-]1CCC(CNCCNc2ccnc3cc(Cl)ccc23)C1.NCCNc1ccnc2cc(Cl)ccc12.[B].[CH-]=O.[CH-]=O.[CH-]=O.[CH-]=O.[CH-]=O.[CH-]=O.[H-].[Mn].[Mn].[Na+]. The minimum atomic E-state index is 0. The van der Waals surface area contributed by atoms with Crippen LogP contribution < -0.4 is 51.2 Å². The maximum absolute atomic E-state index is 10.1. The molecule has 19 heteroatoms. The number of aromatic nitrogens is 2. The Morgan fingerprint density at radius 3 is 1.49 bits per heavy atom. The number of hydrogen-bond acceptors (Lipinski definition) is 13. The number of carbonyl (C=O) groups is 1. The van der Waals surface area contributed by atoms with E-state index in [1.165, 1.54) is 31.6 Å². The van der Waals surface area contributed by atoms with Gasteiger partial charge in [0.2, 0.25) is 0 Å². The normalized spacial score (nSPS) is 13.9. The van der Waals surface area contributed by atoms with Gasteiger partial charge in [-0.05, 0) is 61.0 Å². The second-order valence-electron chi connectivity index (χ2n) is 12.0. The van der Waals surface area contributed by atoms with Gasteiger partial charge in [0, 0.05) is 113 Å². The molecule has 333 valence electrons. The van der Waals surface area contributed by atoms with E-state index in [-0.39, 0.29) is 73.5 Å². The van der Waals surface area contributed by atoms with Gasteiger partial charge in [0.05, 0.1) is 11.0 Å². The second kappa shape index (κ2) is 49.8.